The van der Waals surface area contributed by atoms with Gasteiger partial charge in [-0.15, -0.1) is 11.6 Å². The number of ether oxygens (including phenoxy) is 1. The second kappa shape index (κ2) is 14.7. The molecule has 6 rings (SSSR count). The van der Waals surface area contributed by atoms with E-state index in [4.69, 9.17) is 16.3 Å². The summed E-state index contributed by atoms with van der Waals surface area (Å²) in [5.74, 6) is 1.32. The van der Waals surface area contributed by atoms with Crippen LogP contribution in [-0.2, 0) is 31.2 Å². The van der Waals surface area contributed by atoms with Gasteiger partial charge in [-0.05, 0) is 94.9 Å². The summed E-state index contributed by atoms with van der Waals surface area (Å²) >= 11 is 5.72. The van der Waals surface area contributed by atoms with Crippen molar-refractivity contribution >= 4 is 11.6 Å². The van der Waals surface area contributed by atoms with Crippen LogP contribution < -0.4 is 4.74 Å². The summed E-state index contributed by atoms with van der Waals surface area (Å²) in [6.07, 6.45) is -6.71. The third-order valence-corrected chi connectivity index (χ3v) is 8.23. The third kappa shape index (κ3) is 8.96. The summed E-state index contributed by atoms with van der Waals surface area (Å²) < 4.78 is 81.8. The highest BCUT2D eigenvalue weighted by atomic mass is 35.5. The Hall–Kier alpha value is -4.27. The molecule has 0 amide bonds. The van der Waals surface area contributed by atoms with Crippen LogP contribution in [0.1, 0.15) is 34.2 Å². The first-order valence-corrected chi connectivity index (χ1v) is 15.5. The molecular weight excluding hydrogens is 636 g/mol. The lowest BCUT2D eigenvalue weighted by Gasteiger charge is -2.33. The molecule has 1 heterocycles. The smallest absolute Gasteiger partial charge is 0.416 e. The molecule has 1 aliphatic heterocycles. The summed E-state index contributed by atoms with van der Waals surface area (Å²) in [6, 6.07) is 33.8. The quantitative estimate of drug-likeness (QED) is 0.132. The van der Waals surface area contributed by atoms with Crippen molar-refractivity contribution in [2.75, 3.05) is 7.05 Å². The Kier molecular flexibility index (Phi) is 10.6. The summed E-state index contributed by atoms with van der Waals surface area (Å²) in [5.41, 5.74) is 5.27. The van der Waals surface area contributed by atoms with Crippen LogP contribution in [0, 0.1) is 0 Å². The predicted molar refractivity (Wildman–Crippen MR) is 174 cm³/mol. The number of rotatable bonds is 6. The van der Waals surface area contributed by atoms with E-state index in [1.54, 1.807) is 0 Å². The van der Waals surface area contributed by atoms with Gasteiger partial charge in [0, 0.05) is 18.8 Å². The number of hydrogen-bond donors (Lipinski definition) is 0. The second-order valence-electron chi connectivity index (χ2n) is 11.3. The molecular formula is C38H32ClF6NO. The van der Waals surface area contributed by atoms with Gasteiger partial charge in [-0.3, -0.25) is 4.90 Å². The van der Waals surface area contributed by atoms with Crippen molar-refractivity contribution in [2.45, 2.75) is 43.8 Å². The third-order valence-electron chi connectivity index (χ3n) is 7.92. The van der Waals surface area contributed by atoms with Gasteiger partial charge in [0.1, 0.15) is 5.75 Å². The van der Waals surface area contributed by atoms with E-state index < -0.39 is 23.5 Å². The number of aryl methyl sites for hydroxylation is 1. The Bertz CT molecular complexity index is 1770. The number of halogens is 7. The molecule has 0 bridgehead atoms. The molecule has 2 nitrogen and oxygen atoms in total. The molecule has 0 fully saturated rings. The van der Waals surface area contributed by atoms with Gasteiger partial charge >= 0.3 is 12.4 Å². The molecule has 0 saturated heterocycles. The van der Waals surface area contributed by atoms with Gasteiger partial charge in [-0.25, -0.2) is 0 Å². The Labute approximate surface area is 275 Å². The monoisotopic (exact) mass is 667 g/mol. The van der Waals surface area contributed by atoms with E-state index in [9.17, 15) is 26.3 Å². The molecule has 244 valence electrons. The lowest BCUT2D eigenvalue weighted by Crippen LogP contribution is -2.38. The minimum absolute atomic E-state index is 0.000347. The van der Waals surface area contributed by atoms with Crippen LogP contribution in [0.5, 0.6) is 5.75 Å². The minimum atomic E-state index is -4.32. The molecule has 1 atom stereocenters. The first kappa shape index (κ1) is 34.1. The number of alkyl halides is 7. The maximum Gasteiger partial charge on any atom is 0.416 e. The van der Waals surface area contributed by atoms with Crippen LogP contribution in [0.4, 0.5) is 26.3 Å². The molecule has 0 saturated carbocycles. The van der Waals surface area contributed by atoms with Crippen molar-refractivity contribution in [3.05, 3.63) is 149 Å². The highest BCUT2D eigenvalue weighted by Crippen LogP contribution is 2.33. The van der Waals surface area contributed by atoms with Crippen molar-refractivity contribution < 1.29 is 31.1 Å². The zero-order valence-electron chi connectivity index (χ0n) is 25.5. The summed E-state index contributed by atoms with van der Waals surface area (Å²) in [6.45, 7) is 0.696. The Balaban J connectivity index is 0.000000207. The van der Waals surface area contributed by atoms with Gasteiger partial charge in [-0.2, -0.15) is 26.3 Å². The molecule has 5 aromatic rings. The molecule has 1 unspecified atom stereocenters. The SMILES string of the molecule is CN(Cc1cccc(-c2ccc(C(F)(F)F)cc2)c1)C1CCc2ccccc2O1.FC(F)(F)c1ccc(-c2cccc(CCl)c2)cc1. The van der Waals surface area contributed by atoms with E-state index >= 15 is 0 Å². The van der Waals surface area contributed by atoms with E-state index in [1.807, 2.05) is 73.8 Å². The largest absolute Gasteiger partial charge is 0.475 e. The molecule has 47 heavy (non-hydrogen) atoms. The first-order chi connectivity index (χ1) is 22.4. The Morgan fingerprint density at radius 1 is 0.638 bits per heavy atom. The zero-order chi connectivity index (χ0) is 33.6. The summed E-state index contributed by atoms with van der Waals surface area (Å²) in [4.78, 5) is 2.17. The van der Waals surface area contributed by atoms with Gasteiger partial charge < -0.3 is 4.74 Å². The molecule has 0 aromatic heterocycles. The van der Waals surface area contributed by atoms with Crippen LogP contribution in [0.3, 0.4) is 0 Å². The van der Waals surface area contributed by atoms with Crippen molar-refractivity contribution in [3.63, 3.8) is 0 Å². The van der Waals surface area contributed by atoms with Gasteiger partial charge in [0.2, 0.25) is 0 Å². The molecule has 0 N–H and O–H groups in total. The number of fused-ring (bicyclic) bond motifs is 1. The van der Waals surface area contributed by atoms with Gasteiger partial charge in [0.05, 0.1) is 11.1 Å². The van der Waals surface area contributed by atoms with Crippen LogP contribution in [0.25, 0.3) is 22.3 Å². The molecule has 9 heteroatoms. The number of nitrogens with zero attached hydrogens (tertiary/aromatic N) is 1. The standard InChI is InChI=1S/C24H22F3NO.C14H10ClF3/c1-28(23-14-11-19-6-2-3-8-22(19)29-23)16-17-5-4-7-20(15-17)18-9-12-21(13-10-18)24(25,26)27;15-9-10-2-1-3-12(8-10)11-4-6-13(7-5-11)14(16,17)18/h2-10,12-13,15,23H,11,14,16H2,1H3;1-8H,9H2. The minimum Gasteiger partial charge on any atom is -0.475 e. The maximum atomic E-state index is 12.8. The number of hydrogen-bond acceptors (Lipinski definition) is 2. The Morgan fingerprint density at radius 3 is 1.68 bits per heavy atom. The predicted octanol–water partition coefficient (Wildman–Crippen LogP) is 11.3. The van der Waals surface area contributed by atoms with Crippen LogP contribution in [0.2, 0.25) is 0 Å². The van der Waals surface area contributed by atoms with Crippen LogP contribution in [0.15, 0.2) is 121 Å². The second-order valence-corrected chi connectivity index (χ2v) is 11.6. The molecule has 0 radical (unpaired) electrons. The lowest BCUT2D eigenvalue weighted by molar-refractivity contribution is -0.138. The molecule has 1 aliphatic rings. The van der Waals surface area contributed by atoms with Crippen molar-refractivity contribution in [1.29, 1.82) is 0 Å². The van der Waals surface area contributed by atoms with Crippen molar-refractivity contribution in [1.82, 2.24) is 4.90 Å². The highest BCUT2D eigenvalue weighted by molar-refractivity contribution is 6.17. The summed E-state index contributed by atoms with van der Waals surface area (Å²) in [7, 11) is 2.03. The average molecular weight is 668 g/mol. The first-order valence-electron chi connectivity index (χ1n) is 14.9. The molecule has 0 aliphatic carbocycles. The van der Waals surface area contributed by atoms with E-state index in [-0.39, 0.29) is 6.23 Å². The normalized spacial score (nSPS) is 14.5. The van der Waals surface area contributed by atoms with Gasteiger partial charge in [-0.1, -0.05) is 78.9 Å². The molecule has 5 aromatic carbocycles. The fraction of sp³-hybridized carbons (Fsp3) is 0.211. The molecule has 0 spiro atoms. The maximum absolute atomic E-state index is 12.8. The van der Waals surface area contributed by atoms with Crippen LogP contribution in [-0.4, -0.2) is 18.2 Å². The Morgan fingerprint density at radius 2 is 1.15 bits per heavy atom. The fourth-order valence-corrected chi connectivity index (χ4v) is 5.56. The number of para-hydroxylation sites is 1. The summed E-state index contributed by atoms with van der Waals surface area (Å²) in [5, 5.41) is 0. The van der Waals surface area contributed by atoms with Crippen LogP contribution >= 0.6 is 11.6 Å². The highest BCUT2D eigenvalue weighted by Gasteiger charge is 2.31. The van der Waals surface area contributed by atoms with Gasteiger partial charge in [0.15, 0.2) is 6.23 Å². The number of benzene rings is 5. The van der Waals surface area contributed by atoms with Crippen molar-refractivity contribution in [3.8, 4) is 28.0 Å². The fourth-order valence-electron chi connectivity index (χ4n) is 5.40. The van der Waals surface area contributed by atoms with E-state index in [1.165, 1.54) is 29.8 Å². The van der Waals surface area contributed by atoms with E-state index in [0.29, 0.717) is 12.4 Å². The lowest BCUT2D eigenvalue weighted by atomic mass is 10.0. The van der Waals surface area contributed by atoms with E-state index in [2.05, 4.69) is 11.0 Å². The topological polar surface area (TPSA) is 12.5 Å². The van der Waals surface area contributed by atoms with E-state index in [0.717, 1.165) is 76.2 Å². The van der Waals surface area contributed by atoms with Gasteiger partial charge in [0.25, 0.3) is 0 Å². The van der Waals surface area contributed by atoms with Crippen molar-refractivity contribution in [2.24, 2.45) is 0 Å². The average Bonchev–Trinajstić information content (AvgIpc) is 3.08. The zero-order valence-corrected chi connectivity index (χ0v) is 26.2.